The van der Waals surface area contributed by atoms with Crippen molar-refractivity contribution in [3.8, 4) is 16.9 Å². The minimum atomic E-state index is -0.268. The highest BCUT2D eigenvalue weighted by Gasteiger charge is 2.18. The first-order valence-electron chi connectivity index (χ1n) is 9.58. The molecule has 0 atom stereocenters. The first-order chi connectivity index (χ1) is 14.2. The van der Waals surface area contributed by atoms with Gasteiger partial charge in [-0.25, -0.2) is 0 Å². The number of methoxy groups -OCH3 is 1. The Morgan fingerprint density at radius 2 is 1.72 bits per heavy atom. The van der Waals surface area contributed by atoms with E-state index in [1.165, 1.54) is 0 Å². The van der Waals surface area contributed by atoms with Crippen LogP contribution in [0.2, 0.25) is 0 Å². The third-order valence-corrected chi connectivity index (χ3v) is 5.30. The molecule has 4 aromatic rings. The van der Waals surface area contributed by atoms with Crippen LogP contribution >= 0.6 is 0 Å². The van der Waals surface area contributed by atoms with Gasteiger partial charge in [-0.15, -0.1) is 0 Å². The van der Waals surface area contributed by atoms with Crippen molar-refractivity contribution in [2.75, 3.05) is 38.3 Å². The number of anilines is 1. The zero-order valence-electron chi connectivity index (χ0n) is 16.1. The second-order valence-corrected chi connectivity index (χ2v) is 7.00. The molecule has 2 heterocycles. The Labute approximate surface area is 167 Å². The van der Waals surface area contributed by atoms with Crippen molar-refractivity contribution in [2.24, 2.45) is 0 Å². The quantitative estimate of drug-likeness (QED) is 0.497. The lowest BCUT2D eigenvalue weighted by Crippen LogP contribution is -2.37. The number of hydrogen-bond acceptors (Lipinski definition) is 6. The highest BCUT2D eigenvalue weighted by Crippen LogP contribution is 2.30. The van der Waals surface area contributed by atoms with Gasteiger partial charge in [-0.05, 0) is 46.2 Å². The topological polar surface area (TPSA) is 64.8 Å². The minimum Gasteiger partial charge on any atom is -0.497 e. The molecule has 0 aliphatic carbocycles. The number of ether oxygens (including phenoxy) is 2. The Bertz CT molecular complexity index is 1240. The summed E-state index contributed by atoms with van der Waals surface area (Å²) in [4.78, 5) is 19.0. The van der Waals surface area contributed by atoms with Crippen molar-refractivity contribution in [3.63, 3.8) is 0 Å². The smallest absolute Gasteiger partial charge is 0.301 e. The number of rotatable bonds is 3. The van der Waals surface area contributed by atoms with Gasteiger partial charge < -0.3 is 18.8 Å². The fourth-order valence-electron chi connectivity index (χ4n) is 3.73. The lowest BCUT2D eigenvalue weighted by atomic mass is 9.99. The summed E-state index contributed by atoms with van der Waals surface area (Å²) in [5.74, 6) is 0.820. The molecule has 0 spiro atoms. The zero-order chi connectivity index (χ0) is 19.8. The summed E-state index contributed by atoms with van der Waals surface area (Å²) < 4.78 is 16.6. The molecular weight excluding hydrogens is 368 g/mol. The molecule has 0 radical (unpaired) electrons. The molecule has 0 amide bonds. The van der Waals surface area contributed by atoms with Crippen LogP contribution in [0.15, 0.2) is 63.8 Å². The number of hydrogen-bond donors (Lipinski definition) is 0. The molecule has 6 heteroatoms. The van der Waals surface area contributed by atoms with Crippen LogP contribution in [0, 0.1) is 0 Å². The Hall–Kier alpha value is -3.38. The molecule has 1 aliphatic rings. The SMILES string of the molecule is COc1ccc(-c2ccc3c(ccc4oc(N5CCOCC5)nc(=O)c43)c2)cc1. The molecule has 146 valence electrons. The van der Waals surface area contributed by atoms with Crippen LogP contribution in [0.25, 0.3) is 32.9 Å². The lowest BCUT2D eigenvalue weighted by molar-refractivity contribution is 0.120. The maximum absolute atomic E-state index is 12.8. The molecule has 0 N–H and O–H groups in total. The van der Waals surface area contributed by atoms with Crippen LogP contribution in [0.5, 0.6) is 5.75 Å². The molecule has 0 bridgehead atoms. The monoisotopic (exact) mass is 388 g/mol. The Morgan fingerprint density at radius 1 is 0.966 bits per heavy atom. The predicted molar refractivity (Wildman–Crippen MR) is 113 cm³/mol. The summed E-state index contributed by atoms with van der Waals surface area (Å²) in [6.45, 7) is 2.55. The molecule has 3 aromatic carbocycles. The van der Waals surface area contributed by atoms with E-state index in [0.29, 0.717) is 43.3 Å². The maximum atomic E-state index is 12.8. The lowest BCUT2D eigenvalue weighted by Gasteiger charge is -2.25. The van der Waals surface area contributed by atoms with Crippen LogP contribution < -0.4 is 15.2 Å². The van der Waals surface area contributed by atoms with E-state index in [4.69, 9.17) is 13.9 Å². The molecule has 1 aromatic heterocycles. The largest absolute Gasteiger partial charge is 0.497 e. The summed E-state index contributed by atoms with van der Waals surface area (Å²) in [7, 11) is 1.65. The van der Waals surface area contributed by atoms with Crippen LogP contribution in [0.4, 0.5) is 6.01 Å². The first kappa shape index (κ1) is 17.7. The standard InChI is InChI=1S/C23H20N2O4/c1-27-18-6-2-15(3-7-18)16-4-8-19-17(14-16)5-9-20-21(19)22(26)24-23(29-20)25-10-12-28-13-11-25/h2-9,14H,10-13H2,1H3. The van der Waals surface area contributed by atoms with Crippen LogP contribution in [-0.4, -0.2) is 38.4 Å². The van der Waals surface area contributed by atoms with Gasteiger partial charge in [0.2, 0.25) is 0 Å². The average molecular weight is 388 g/mol. The Balaban J connectivity index is 1.60. The van der Waals surface area contributed by atoms with E-state index >= 15 is 0 Å². The van der Waals surface area contributed by atoms with E-state index in [1.807, 2.05) is 53.4 Å². The van der Waals surface area contributed by atoms with E-state index in [9.17, 15) is 4.79 Å². The van der Waals surface area contributed by atoms with E-state index in [1.54, 1.807) is 7.11 Å². The predicted octanol–water partition coefficient (Wildman–Crippen LogP) is 3.85. The van der Waals surface area contributed by atoms with Gasteiger partial charge in [0, 0.05) is 13.1 Å². The first-order valence-corrected chi connectivity index (χ1v) is 9.58. The molecule has 6 nitrogen and oxygen atoms in total. The molecule has 29 heavy (non-hydrogen) atoms. The number of fused-ring (bicyclic) bond motifs is 3. The van der Waals surface area contributed by atoms with Crippen LogP contribution in [-0.2, 0) is 4.74 Å². The number of nitrogens with zero attached hydrogens (tertiary/aromatic N) is 2. The summed E-state index contributed by atoms with van der Waals surface area (Å²) >= 11 is 0. The van der Waals surface area contributed by atoms with Gasteiger partial charge in [-0.1, -0.05) is 30.3 Å². The second kappa shape index (κ2) is 7.22. The minimum absolute atomic E-state index is 0.268. The van der Waals surface area contributed by atoms with Gasteiger partial charge in [0.25, 0.3) is 5.56 Å². The molecule has 1 saturated heterocycles. The summed E-state index contributed by atoms with van der Waals surface area (Å²) in [5, 5.41) is 2.33. The van der Waals surface area contributed by atoms with Gasteiger partial charge in [-0.2, -0.15) is 4.98 Å². The zero-order valence-corrected chi connectivity index (χ0v) is 16.1. The van der Waals surface area contributed by atoms with E-state index in [0.717, 1.165) is 27.6 Å². The number of morpholine rings is 1. The summed E-state index contributed by atoms with van der Waals surface area (Å²) in [6.07, 6.45) is 0. The van der Waals surface area contributed by atoms with Crippen molar-refractivity contribution in [1.29, 1.82) is 0 Å². The summed E-state index contributed by atoms with van der Waals surface area (Å²) in [5.41, 5.74) is 2.44. The molecule has 0 saturated carbocycles. The van der Waals surface area contributed by atoms with E-state index in [-0.39, 0.29) is 5.56 Å². The van der Waals surface area contributed by atoms with Crippen molar-refractivity contribution >= 4 is 27.8 Å². The van der Waals surface area contributed by atoms with Gasteiger partial charge in [0.1, 0.15) is 11.3 Å². The van der Waals surface area contributed by atoms with Gasteiger partial charge in [0.05, 0.1) is 25.7 Å². The van der Waals surface area contributed by atoms with E-state index in [2.05, 4.69) is 11.1 Å². The highest BCUT2D eigenvalue weighted by molar-refractivity contribution is 6.06. The Morgan fingerprint density at radius 3 is 2.48 bits per heavy atom. The average Bonchev–Trinajstić information content (AvgIpc) is 2.79. The second-order valence-electron chi connectivity index (χ2n) is 7.00. The van der Waals surface area contributed by atoms with Gasteiger partial charge in [-0.3, -0.25) is 4.79 Å². The fourth-order valence-corrected chi connectivity index (χ4v) is 3.73. The fraction of sp³-hybridized carbons (Fsp3) is 0.217. The van der Waals surface area contributed by atoms with Crippen molar-refractivity contribution in [3.05, 3.63) is 65.0 Å². The highest BCUT2D eigenvalue weighted by atomic mass is 16.5. The molecule has 1 fully saturated rings. The number of aromatic nitrogens is 1. The number of benzene rings is 3. The van der Waals surface area contributed by atoms with Gasteiger partial charge in [0.15, 0.2) is 0 Å². The van der Waals surface area contributed by atoms with Crippen molar-refractivity contribution in [1.82, 2.24) is 4.98 Å². The summed E-state index contributed by atoms with van der Waals surface area (Å²) in [6, 6.07) is 18.2. The van der Waals surface area contributed by atoms with Crippen molar-refractivity contribution in [2.45, 2.75) is 0 Å². The third-order valence-electron chi connectivity index (χ3n) is 5.30. The molecular formula is C23H20N2O4. The molecule has 1 aliphatic heterocycles. The van der Waals surface area contributed by atoms with Crippen LogP contribution in [0.3, 0.4) is 0 Å². The maximum Gasteiger partial charge on any atom is 0.301 e. The van der Waals surface area contributed by atoms with Crippen molar-refractivity contribution < 1.29 is 13.9 Å². The Kier molecular flexibility index (Phi) is 4.41. The van der Waals surface area contributed by atoms with Gasteiger partial charge >= 0.3 is 6.01 Å². The van der Waals surface area contributed by atoms with E-state index < -0.39 is 0 Å². The third kappa shape index (κ3) is 3.21. The molecule has 0 unspecified atom stereocenters. The van der Waals surface area contributed by atoms with Crippen LogP contribution in [0.1, 0.15) is 0 Å². The normalized spacial score (nSPS) is 14.4. The molecule has 5 rings (SSSR count).